The van der Waals surface area contributed by atoms with Crippen LogP contribution in [0.4, 0.5) is 0 Å². The number of hydrogen-bond donors (Lipinski definition) is 0. The van der Waals surface area contributed by atoms with Crippen LogP contribution >= 0.6 is 0 Å². The van der Waals surface area contributed by atoms with E-state index < -0.39 is 109 Å². The number of esters is 2. The first-order valence-corrected chi connectivity index (χ1v) is 15.1. The standard InChI is InChI=1S/C29H40O14/c1-26(2,3)24(30)36-16-20-12-18-13(21(16)41-28(7,38-18)40-20)33-10(32-12)9-11-34-14-19-15(35-11)23-17(37-25(31)27(4,5)6)22(14)42-29(8,39-19)43-23/h10-23H,9H2,1-8H3. The van der Waals surface area contributed by atoms with Crippen molar-refractivity contribution >= 4 is 11.9 Å². The summed E-state index contributed by atoms with van der Waals surface area (Å²) in [6.45, 7) is 14.1. The van der Waals surface area contributed by atoms with E-state index >= 15 is 0 Å². The molecule has 240 valence electrons. The maximum atomic E-state index is 12.8. The molecule has 8 heterocycles. The summed E-state index contributed by atoms with van der Waals surface area (Å²) in [5.74, 6) is -3.29. The van der Waals surface area contributed by atoms with Gasteiger partial charge < -0.3 is 56.8 Å². The molecule has 2 aliphatic carbocycles. The minimum absolute atomic E-state index is 0.200. The fraction of sp³-hybridized carbons (Fsp3) is 0.931. The van der Waals surface area contributed by atoms with Crippen molar-refractivity contribution in [1.82, 2.24) is 0 Å². The van der Waals surface area contributed by atoms with Gasteiger partial charge in [-0.3, -0.25) is 9.59 Å². The molecule has 14 nitrogen and oxygen atoms in total. The number of rotatable bonds is 4. The van der Waals surface area contributed by atoms with Crippen molar-refractivity contribution in [2.45, 2.75) is 160 Å². The average Bonchev–Trinajstić information content (AvgIpc) is 2.89. The minimum Gasteiger partial charge on any atom is -0.456 e. The number of carbonyl (C=O) groups excluding carboxylic acids is 2. The van der Waals surface area contributed by atoms with Crippen molar-refractivity contribution in [2.24, 2.45) is 10.8 Å². The Morgan fingerprint density at radius 1 is 0.512 bits per heavy atom. The summed E-state index contributed by atoms with van der Waals surface area (Å²) in [5, 5.41) is 0. The maximum absolute atomic E-state index is 12.8. The molecule has 10 rings (SSSR count). The lowest BCUT2D eigenvalue weighted by Gasteiger charge is -2.65. The highest BCUT2D eigenvalue weighted by atomic mass is 16.9. The summed E-state index contributed by atoms with van der Waals surface area (Å²) < 4.78 is 73.9. The van der Waals surface area contributed by atoms with E-state index in [0.717, 1.165) is 0 Å². The van der Waals surface area contributed by atoms with Crippen LogP contribution in [0.15, 0.2) is 0 Å². The summed E-state index contributed by atoms with van der Waals surface area (Å²) in [7, 11) is 0. The van der Waals surface area contributed by atoms with Gasteiger partial charge in [0.05, 0.1) is 10.8 Å². The second-order valence-electron chi connectivity index (χ2n) is 15.0. The van der Waals surface area contributed by atoms with Crippen molar-refractivity contribution < 1.29 is 66.4 Å². The molecule has 8 aliphatic heterocycles. The van der Waals surface area contributed by atoms with E-state index in [1.54, 1.807) is 55.4 Å². The third-order valence-corrected chi connectivity index (χ3v) is 9.32. The summed E-state index contributed by atoms with van der Waals surface area (Å²) in [5.41, 5.74) is -1.42. The van der Waals surface area contributed by atoms with Crippen LogP contribution in [0.2, 0.25) is 0 Å². The van der Waals surface area contributed by atoms with Gasteiger partial charge in [-0.25, -0.2) is 0 Å². The Hall–Kier alpha value is -1.46. The lowest BCUT2D eigenvalue weighted by Crippen LogP contribution is -2.82. The Kier molecular flexibility index (Phi) is 6.12. The molecule has 14 heteroatoms. The zero-order valence-corrected chi connectivity index (χ0v) is 25.5. The molecule has 12 bridgehead atoms. The van der Waals surface area contributed by atoms with Crippen molar-refractivity contribution in [3.8, 4) is 0 Å². The van der Waals surface area contributed by atoms with Crippen molar-refractivity contribution in [3.05, 3.63) is 0 Å². The Morgan fingerprint density at radius 2 is 0.791 bits per heavy atom. The monoisotopic (exact) mass is 612 g/mol. The van der Waals surface area contributed by atoms with Gasteiger partial charge in [-0.05, 0) is 41.5 Å². The van der Waals surface area contributed by atoms with Crippen LogP contribution in [0, 0.1) is 10.8 Å². The van der Waals surface area contributed by atoms with Crippen molar-refractivity contribution in [1.29, 1.82) is 0 Å². The predicted molar refractivity (Wildman–Crippen MR) is 136 cm³/mol. The minimum atomic E-state index is -1.27. The Bertz CT molecular complexity index is 1050. The van der Waals surface area contributed by atoms with E-state index in [1.165, 1.54) is 0 Å². The molecule has 0 aromatic carbocycles. The van der Waals surface area contributed by atoms with Gasteiger partial charge >= 0.3 is 11.9 Å². The Balaban J connectivity index is 0.984. The van der Waals surface area contributed by atoms with E-state index in [4.69, 9.17) is 56.8 Å². The molecule has 2 saturated carbocycles. The Morgan fingerprint density at radius 3 is 1.07 bits per heavy atom. The van der Waals surface area contributed by atoms with Crippen LogP contribution in [0.25, 0.3) is 0 Å². The van der Waals surface area contributed by atoms with Gasteiger partial charge in [0.2, 0.25) is 0 Å². The first-order chi connectivity index (χ1) is 20.0. The zero-order chi connectivity index (χ0) is 30.4. The molecular formula is C29H40O14. The third-order valence-electron chi connectivity index (χ3n) is 9.32. The molecule has 10 fully saturated rings. The fourth-order valence-corrected chi connectivity index (χ4v) is 7.33. The molecule has 0 radical (unpaired) electrons. The van der Waals surface area contributed by atoms with Crippen LogP contribution in [0.1, 0.15) is 61.8 Å². The topological polar surface area (TPSA) is 145 Å². The number of ether oxygens (including phenoxy) is 12. The molecule has 10 aliphatic rings. The fourth-order valence-electron chi connectivity index (χ4n) is 7.33. The molecule has 0 aromatic heterocycles. The first-order valence-electron chi connectivity index (χ1n) is 15.1. The second-order valence-corrected chi connectivity index (χ2v) is 15.0. The highest BCUT2D eigenvalue weighted by Gasteiger charge is 2.72. The lowest BCUT2D eigenvalue weighted by atomic mass is 9.80. The highest BCUT2D eigenvalue weighted by Crippen LogP contribution is 2.53. The summed E-state index contributed by atoms with van der Waals surface area (Å²) >= 11 is 0. The van der Waals surface area contributed by atoms with Gasteiger partial charge in [-0.15, -0.1) is 0 Å². The van der Waals surface area contributed by atoms with E-state index in [9.17, 15) is 9.59 Å². The van der Waals surface area contributed by atoms with Crippen molar-refractivity contribution in [2.75, 3.05) is 0 Å². The van der Waals surface area contributed by atoms with Crippen LogP contribution in [-0.2, 0) is 66.4 Å². The number of hydrogen-bond acceptors (Lipinski definition) is 14. The predicted octanol–water partition coefficient (Wildman–Crippen LogP) is 1.25. The summed E-state index contributed by atoms with van der Waals surface area (Å²) in [6.07, 6.45) is -8.39. The van der Waals surface area contributed by atoms with E-state index in [0.29, 0.717) is 0 Å². The van der Waals surface area contributed by atoms with E-state index in [2.05, 4.69) is 0 Å². The van der Waals surface area contributed by atoms with Crippen LogP contribution in [-0.4, -0.2) is 110 Å². The maximum Gasteiger partial charge on any atom is 0.311 e. The van der Waals surface area contributed by atoms with Gasteiger partial charge in [-0.2, -0.15) is 0 Å². The summed E-state index contributed by atoms with van der Waals surface area (Å²) in [4.78, 5) is 25.6. The third kappa shape index (κ3) is 4.43. The van der Waals surface area contributed by atoms with Crippen LogP contribution in [0.5, 0.6) is 0 Å². The van der Waals surface area contributed by atoms with Gasteiger partial charge in [0.1, 0.15) is 61.0 Å². The second kappa shape index (κ2) is 9.08. The van der Waals surface area contributed by atoms with Gasteiger partial charge in [-0.1, -0.05) is 0 Å². The molecular weight excluding hydrogens is 572 g/mol. The summed E-state index contributed by atoms with van der Waals surface area (Å²) in [6, 6.07) is 0. The van der Waals surface area contributed by atoms with Crippen molar-refractivity contribution in [3.63, 3.8) is 0 Å². The van der Waals surface area contributed by atoms with E-state index in [-0.39, 0.29) is 18.4 Å². The van der Waals surface area contributed by atoms with Gasteiger partial charge in [0.25, 0.3) is 11.9 Å². The molecule has 8 atom stereocenters. The SMILES string of the molecule is CC12OC3C(OC(=O)C(C)(C)C)C(O1)C1OC(CC4OC5C6OC7(C)OC(C6OC(=O)C(C)(C)C)C(O4)C5O7)OC3C1O2. The van der Waals surface area contributed by atoms with Gasteiger partial charge in [0, 0.05) is 20.3 Å². The Labute approximate surface area is 249 Å². The quantitative estimate of drug-likeness (QED) is 0.420. The zero-order valence-electron chi connectivity index (χ0n) is 25.5. The highest BCUT2D eigenvalue weighted by molar-refractivity contribution is 5.76. The van der Waals surface area contributed by atoms with E-state index in [1.807, 2.05) is 0 Å². The average molecular weight is 613 g/mol. The molecule has 8 saturated heterocycles. The van der Waals surface area contributed by atoms with Gasteiger partial charge in [0.15, 0.2) is 24.8 Å². The number of carbonyl (C=O) groups is 2. The first kappa shape index (κ1) is 29.0. The molecule has 0 aromatic rings. The largest absolute Gasteiger partial charge is 0.456 e. The molecule has 0 amide bonds. The van der Waals surface area contributed by atoms with Crippen LogP contribution in [0.3, 0.4) is 0 Å². The molecule has 8 unspecified atom stereocenters. The lowest BCUT2D eigenvalue weighted by molar-refractivity contribution is -0.565. The molecule has 0 spiro atoms. The molecule has 0 N–H and O–H groups in total. The van der Waals surface area contributed by atoms with Crippen LogP contribution < -0.4 is 0 Å². The molecule has 43 heavy (non-hydrogen) atoms. The normalized spacial score (nSPS) is 54.0. The smallest absolute Gasteiger partial charge is 0.311 e.